The van der Waals surface area contributed by atoms with Gasteiger partial charge in [0.2, 0.25) is 0 Å². The Hall–Kier alpha value is -3.03. The molecule has 0 bridgehead atoms. The predicted molar refractivity (Wildman–Crippen MR) is 111 cm³/mol. The zero-order chi connectivity index (χ0) is 22.2. The minimum atomic E-state index is -0.869. The number of aliphatic hydroxyl groups excluding tert-OH is 1. The molecule has 0 saturated carbocycles. The lowest BCUT2D eigenvalue weighted by Crippen LogP contribution is -2.35. The molecule has 0 unspecified atom stereocenters. The van der Waals surface area contributed by atoms with Crippen LogP contribution in [0.15, 0.2) is 66.7 Å². The number of ether oxygens (including phenoxy) is 2. The van der Waals surface area contributed by atoms with Crippen molar-refractivity contribution in [2.75, 3.05) is 20.3 Å². The Kier molecular flexibility index (Phi) is 7.92. The molecule has 1 N–H and O–H groups in total. The highest BCUT2D eigenvalue weighted by Crippen LogP contribution is 2.18. The molecule has 0 radical (unpaired) electrons. The maximum absolute atomic E-state index is 14.2. The SMILES string of the molecule is COc1ccc(OC[C@@H](O)CN(Cc2ccc(F)cc2)Cc2ccc(F)cc2F)cc1. The fourth-order valence-corrected chi connectivity index (χ4v) is 3.14. The first-order chi connectivity index (χ1) is 14.9. The highest BCUT2D eigenvalue weighted by Gasteiger charge is 2.16. The maximum atomic E-state index is 14.2. The molecular weight excluding hydrogens is 407 g/mol. The van der Waals surface area contributed by atoms with Gasteiger partial charge in [0.25, 0.3) is 0 Å². The molecule has 3 aromatic rings. The molecule has 4 nitrogen and oxygen atoms in total. The van der Waals surface area contributed by atoms with Gasteiger partial charge in [0.05, 0.1) is 7.11 Å². The Labute approximate surface area is 179 Å². The normalized spacial score (nSPS) is 12.1. The molecule has 0 saturated heterocycles. The van der Waals surface area contributed by atoms with Crippen molar-refractivity contribution in [2.24, 2.45) is 0 Å². The van der Waals surface area contributed by atoms with Crippen molar-refractivity contribution < 1.29 is 27.8 Å². The van der Waals surface area contributed by atoms with Gasteiger partial charge in [0.1, 0.15) is 41.7 Å². The highest BCUT2D eigenvalue weighted by molar-refractivity contribution is 5.31. The molecule has 1 atom stereocenters. The van der Waals surface area contributed by atoms with Crippen molar-refractivity contribution in [3.63, 3.8) is 0 Å². The molecule has 164 valence electrons. The van der Waals surface area contributed by atoms with Crippen molar-refractivity contribution in [1.29, 1.82) is 0 Å². The van der Waals surface area contributed by atoms with Gasteiger partial charge >= 0.3 is 0 Å². The largest absolute Gasteiger partial charge is 0.497 e. The van der Waals surface area contributed by atoms with E-state index in [2.05, 4.69) is 0 Å². The number of halogens is 3. The number of benzene rings is 3. The van der Waals surface area contributed by atoms with E-state index >= 15 is 0 Å². The number of rotatable bonds is 10. The summed E-state index contributed by atoms with van der Waals surface area (Å²) in [5, 5.41) is 10.5. The van der Waals surface area contributed by atoms with Gasteiger partial charge in [-0.2, -0.15) is 0 Å². The molecule has 0 heterocycles. The summed E-state index contributed by atoms with van der Waals surface area (Å²) < 4.78 is 51.3. The van der Waals surface area contributed by atoms with Crippen LogP contribution in [0, 0.1) is 17.5 Å². The first kappa shape index (κ1) is 22.7. The van der Waals surface area contributed by atoms with Crippen LogP contribution in [0.1, 0.15) is 11.1 Å². The quantitative estimate of drug-likeness (QED) is 0.511. The van der Waals surface area contributed by atoms with Crippen LogP contribution in [0.5, 0.6) is 11.5 Å². The first-order valence-corrected chi connectivity index (χ1v) is 9.78. The summed E-state index contributed by atoms with van der Waals surface area (Å²) in [5.74, 6) is -0.394. The zero-order valence-electron chi connectivity index (χ0n) is 17.1. The molecular formula is C24H24F3NO3. The Morgan fingerprint density at radius 1 is 0.839 bits per heavy atom. The Morgan fingerprint density at radius 3 is 2.13 bits per heavy atom. The van der Waals surface area contributed by atoms with Crippen molar-refractivity contribution in [3.8, 4) is 11.5 Å². The van der Waals surface area contributed by atoms with Crippen LogP contribution < -0.4 is 9.47 Å². The van der Waals surface area contributed by atoms with E-state index in [1.165, 1.54) is 24.3 Å². The van der Waals surface area contributed by atoms with E-state index in [0.29, 0.717) is 23.6 Å². The molecule has 0 aromatic heterocycles. The van der Waals surface area contributed by atoms with Crippen LogP contribution in [0.3, 0.4) is 0 Å². The molecule has 7 heteroatoms. The van der Waals surface area contributed by atoms with Gasteiger partial charge in [0, 0.05) is 31.3 Å². The molecule has 0 amide bonds. The van der Waals surface area contributed by atoms with Crippen LogP contribution in [0.4, 0.5) is 13.2 Å². The van der Waals surface area contributed by atoms with Crippen molar-refractivity contribution >= 4 is 0 Å². The lowest BCUT2D eigenvalue weighted by molar-refractivity contribution is 0.0624. The van der Waals surface area contributed by atoms with Crippen molar-refractivity contribution in [2.45, 2.75) is 19.2 Å². The number of hydrogen-bond acceptors (Lipinski definition) is 4. The molecule has 31 heavy (non-hydrogen) atoms. The second-order valence-electron chi connectivity index (χ2n) is 7.17. The molecule has 3 rings (SSSR count). The Morgan fingerprint density at radius 2 is 1.48 bits per heavy atom. The average molecular weight is 431 g/mol. The third-order valence-electron chi connectivity index (χ3n) is 4.70. The topological polar surface area (TPSA) is 41.9 Å². The van der Waals surface area contributed by atoms with E-state index in [1.807, 2.05) is 0 Å². The summed E-state index contributed by atoms with van der Waals surface area (Å²) in [6.45, 7) is 0.683. The summed E-state index contributed by atoms with van der Waals surface area (Å²) in [7, 11) is 1.57. The van der Waals surface area contributed by atoms with Crippen LogP contribution >= 0.6 is 0 Å². The third-order valence-corrected chi connectivity index (χ3v) is 4.70. The first-order valence-electron chi connectivity index (χ1n) is 9.78. The average Bonchev–Trinajstić information content (AvgIpc) is 2.76. The summed E-state index contributed by atoms with van der Waals surface area (Å²) in [5.41, 5.74) is 1.10. The van der Waals surface area contributed by atoms with Crippen LogP contribution in [-0.4, -0.2) is 36.4 Å². The van der Waals surface area contributed by atoms with Crippen molar-refractivity contribution in [1.82, 2.24) is 4.90 Å². The molecule has 0 aliphatic heterocycles. The van der Waals surface area contributed by atoms with Gasteiger partial charge in [0.15, 0.2) is 0 Å². The molecule has 0 spiro atoms. The minimum Gasteiger partial charge on any atom is -0.497 e. The van der Waals surface area contributed by atoms with E-state index in [9.17, 15) is 18.3 Å². The maximum Gasteiger partial charge on any atom is 0.130 e. The molecule has 0 fully saturated rings. The van der Waals surface area contributed by atoms with Gasteiger partial charge in [-0.25, -0.2) is 13.2 Å². The summed E-state index contributed by atoms with van der Waals surface area (Å²) in [4.78, 5) is 1.80. The van der Waals surface area contributed by atoms with Gasteiger partial charge in [-0.05, 0) is 48.0 Å². The lowest BCUT2D eigenvalue weighted by Gasteiger charge is -2.25. The zero-order valence-corrected chi connectivity index (χ0v) is 17.1. The number of aliphatic hydroxyl groups is 1. The monoisotopic (exact) mass is 431 g/mol. The fourth-order valence-electron chi connectivity index (χ4n) is 3.14. The van der Waals surface area contributed by atoms with Gasteiger partial charge in [-0.1, -0.05) is 18.2 Å². The van der Waals surface area contributed by atoms with E-state index < -0.39 is 17.7 Å². The van der Waals surface area contributed by atoms with Crippen LogP contribution in [0.2, 0.25) is 0 Å². The van der Waals surface area contributed by atoms with E-state index in [1.54, 1.807) is 48.4 Å². The molecule has 0 aliphatic rings. The summed E-state index contributed by atoms with van der Waals surface area (Å²) in [6.07, 6.45) is -0.869. The number of methoxy groups -OCH3 is 1. The van der Waals surface area contributed by atoms with Gasteiger partial charge in [-0.3, -0.25) is 4.90 Å². The summed E-state index contributed by atoms with van der Waals surface area (Å²) >= 11 is 0. The fraction of sp³-hybridized carbons (Fsp3) is 0.250. The third kappa shape index (κ3) is 7.01. The van der Waals surface area contributed by atoms with E-state index in [4.69, 9.17) is 9.47 Å². The van der Waals surface area contributed by atoms with Gasteiger partial charge in [-0.15, -0.1) is 0 Å². The van der Waals surface area contributed by atoms with Crippen LogP contribution in [-0.2, 0) is 13.1 Å². The second kappa shape index (κ2) is 10.8. The Balaban J connectivity index is 1.65. The minimum absolute atomic E-state index is 0.0259. The Bertz CT molecular complexity index is 965. The highest BCUT2D eigenvalue weighted by atomic mass is 19.1. The van der Waals surface area contributed by atoms with E-state index in [0.717, 1.165) is 11.6 Å². The summed E-state index contributed by atoms with van der Waals surface area (Å²) in [6, 6.07) is 16.3. The van der Waals surface area contributed by atoms with Crippen LogP contribution in [0.25, 0.3) is 0 Å². The molecule has 3 aromatic carbocycles. The number of hydrogen-bond donors (Lipinski definition) is 1. The number of nitrogens with zero attached hydrogens (tertiary/aromatic N) is 1. The smallest absolute Gasteiger partial charge is 0.130 e. The standard InChI is InChI=1S/C24H24F3NO3/c1-30-22-8-10-23(11-9-22)31-16-21(29)15-28(13-17-2-5-19(25)6-3-17)14-18-4-7-20(26)12-24(18)27/h2-12,21,29H,13-16H2,1H3/t21-/m0/s1. The van der Waals surface area contributed by atoms with E-state index in [-0.39, 0.29) is 25.5 Å². The lowest BCUT2D eigenvalue weighted by atomic mass is 10.1. The predicted octanol–water partition coefficient (Wildman–Crippen LogP) is 4.55. The second-order valence-corrected chi connectivity index (χ2v) is 7.17. The van der Waals surface area contributed by atoms with Crippen molar-refractivity contribution in [3.05, 3.63) is 95.3 Å². The molecule has 0 aliphatic carbocycles. The van der Waals surface area contributed by atoms with Gasteiger partial charge < -0.3 is 14.6 Å².